The van der Waals surface area contributed by atoms with Crippen molar-refractivity contribution in [2.24, 2.45) is 0 Å². The Morgan fingerprint density at radius 1 is 0.852 bits per heavy atom. The van der Waals surface area contributed by atoms with Gasteiger partial charge < -0.3 is 50.0 Å². The van der Waals surface area contributed by atoms with Crippen LogP contribution < -0.4 is 9.47 Å². The summed E-state index contributed by atoms with van der Waals surface area (Å²) in [5.41, 5.74) is -0.451. The quantitative estimate of drug-likeness (QED) is 0.0407. The number of ketones is 2. The number of rotatable bonds is 12. The molecule has 2 fully saturated rings. The Balaban J connectivity index is 1.42. The normalized spacial score (nSPS) is 22.1. The number of aromatic hydroxyl groups is 1. The minimum Gasteiger partial charge on any atom is -0.507 e. The van der Waals surface area contributed by atoms with Gasteiger partial charge in [-0.2, -0.15) is 0 Å². The standard InChI is InChI=1S/C47H48O14/c1-24-40(52)44(56)45(57)46(59-24)61-36-21-32-39(41(53)31(36)19-28-10-7-11-34(33(28)23-50)47(58)15-4-3-5-16-47)43(55)37-29(22-49)20-35(60-25(2)51)30(38(37)42(32)54)13-12-26-8-6-9-27(18-26)14-17-48/h6-13,18,20-21,23-24,40,44-46,48-49,52-53,56-58H,3-5,14-17,19,22H2,1-2H3/b13-12+/t24-,40+,44+,45+,46+/m0/s1. The molecular weight excluding hydrogens is 789 g/mol. The van der Waals surface area contributed by atoms with Crippen molar-refractivity contribution in [3.05, 3.63) is 121 Å². The molecular formula is C47H48O14. The average Bonchev–Trinajstić information content (AvgIpc) is 3.24. The fraction of sp³-hybridized carbons (Fsp3) is 0.362. The maximum atomic E-state index is 14.9. The van der Waals surface area contributed by atoms with E-state index in [9.17, 15) is 54.9 Å². The minimum absolute atomic E-state index is 0.00931. The highest BCUT2D eigenvalue weighted by Gasteiger charge is 2.45. The first-order valence-electron chi connectivity index (χ1n) is 20.2. The zero-order chi connectivity index (χ0) is 43.7. The third kappa shape index (κ3) is 8.28. The predicted molar refractivity (Wildman–Crippen MR) is 219 cm³/mol. The lowest BCUT2D eigenvalue weighted by Gasteiger charge is -2.39. The molecule has 0 bridgehead atoms. The van der Waals surface area contributed by atoms with Crippen molar-refractivity contribution in [1.29, 1.82) is 0 Å². The van der Waals surface area contributed by atoms with Crippen molar-refractivity contribution in [1.82, 2.24) is 0 Å². The van der Waals surface area contributed by atoms with Crippen LogP contribution >= 0.6 is 0 Å². The van der Waals surface area contributed by atoms with E-state index in [1.165, 1.54) is 25.1 Å². The molecule has 0 amide bonds. The molecule has 4 aromatic rings. The predicted octanol–water partition coefficient (Wildman–Crippen LogP) is 4.05. The van der Waals surface area contributed by atoms with Gasteiger partial charge in [-0.05, 0) is 72.2 Å². The topological polar surface area (TPSA) is 238 Å². The van der Waals surface area contributed by atoms with Crippen LogP contribution in [-0.4, -0.2) is 96.9 Å². The average molecular weight is 837 g/mol. The van der Waals surface area contributed by atoms with Crippen LogP contribution in [0.5, 0.6) is 17.2 Å². The second kappa shape index (κ2) is 17.8. The molecule has 320 valence electrons. The Kier molecular flexibility index (Phi) is 12.7. The zero-order valence-corrected chi connectivity index (χ0v) is 33.7. The summed E-state index contributed by atoms with van der Waals surface area (Å²) in [5.74, 6) is -3.59. The summed E-state index contributed by atoms with van der Waals surface area (Å²) in [7, 11) is 0. The van der Waals surface area contributed by atoms with Gasteiger partial charge in [0.15, 0.2) is 17.9 Å². The number of aldehydes is 1. The molecule has 14 nitrogen and oxygen atoms in total. The van der Waals surface area contributed by atoms with Crippen LogP contribution in [0.25, 0.3) is 12.2 Å². The second-order valence-electron chi connectivity index (χ2n) is 15.8. The number of esters is 1. The highest BCUT2D eigenvalue weighted by Crippen LogP contribution is 2.46. The van der Waals surface area contributed by atoms with E-state index in [1.807, 2.05) is 6.07 Å². The summed E-state index contributed by atoms with van der Waals surface area (Å²) in [6.45, 7) is 1.73. The Bertz CT molecular complexity index is 2410. The van der Waals surface area contributed by atoms with Gasteiger partial charge >= 0.3 is 5.97 Å². The second-order valence-corrected chi connectivity index (χ2v) is 15.8. The van der Waals surface area contributed by atoms with Crippen LogP contribution in [0.2, 0.25) is 0 Å². The largest absolute Gasteiger partial charge is 0.507 e. The summed E-state index contributed by atoms with van der Waals surface area (Å²) >= 11 is 0. The monoisotopic (exact) mass is 836 g/mol. The fourth-order valence-corrected chi connectivity index (χ4v) is 8.69. The van der Waals surface area contributed by atoms with Crippen molar-refractivity contribution in [3.8, 4) is 17.2 Å². The third-order valence-corrected chi connectivity index (χ3v) is 11.8. The highest BCUT2D eigenvalue weighted by atomic mass is 16.7. The lowest BCUT2D eigenvalue weighted by atomic mass is 9.76. The van der Waals surface area contributed by atoms with Gasteiger partial charge in [-0.1, -0.05) is 67.8 Å². The number of aliphatic hydroxyl groups excluding tert-OH is 5. The third-order valence-electron chi connectivity index (χ3n) is 11.8. The van der Waals surface area contributed by atoms with E-state index in [4.69, 9.17) is 14.2 Å². The van der Waals surface area contributed by atoms with Gasteiger partial charge in [0.05, 0.1) is 23.9 Å². The summed E-state index contributed by atoms with van der Waals surface area (Å²) in [4.78, 5) is 54.9. The van der Waals surface area contributed by atoms with E-state index in [-0.39, 0.29) is 63.5 Å². The van der Waals surface area contributed by atoms with E-state index >= 15 is 0 Å². The molecule has 7 rings (SSSR count). The molecule has 0 unspecified atom stereocenters. The molecule has 1 saturated carbocycles. The molecule has 7 N–H and O–H groups in total. The lowest BCUT2D eigenvalue weighted by Crippen LogP contribution is -2.58. The molecule has 2 aliphatic carbocycles. The van der Waals surface area contributed by atoms with Crippen molar-refractivity contribution in [3.63, 3.8) is 0 Å². The van der Waals surface area contributed by atoms with Gasteiger partial charge in [-0.25, -0.2) is 0 Å². The Labute approximate surface area is 351 Å². The fourth-order valence-electron chi connectivity index (χ4n) is 8.69. The van der Waals surface area contributed by atoms with Crippen LogP contribution in [0.15, 0.2) is 54.6 Å². The van der Waals surface area contributed by atoms with E-state index in [1.54, 1.807) is 42.5 Å². The number of benzene rings is 4. The zero-order valence-electron chi connectivity index (χ0n) is 33.7. The van der Waals surface area contributed by atoms with Crippen LogP contribution in [0, 0.1) is 0 Å². The molecule has 0 radical (unpaired) electrons. The maximum absolute atomic E-state index is 14.9. The van der Waals surface area contributed by atoms with Crippen LogP contribution in [0.1, 0.15) is 127 Å². The molecule has 14 heteroatoms. The van der Waals surface area contributed by atoms with Gasteiger partial charge in [0, 0.05) is 53.3 Å². The molecule has 5 atom stereocenters. The first-order valence-corrected chi connectivity index (χ1v) is 20.2. The van der Waals surface area contributed by atoms with Crippen molar-refractivity contribution in [2.75, 3.05) is 6.61 Å². The van der Waals surface area contributed by atoms with Crippen molar-refractivity contribution < 1.29 is 69.1 Å². The van der Waals surface area contributed by atoms with Gasteiger partial charge in [0.2, 0.25) is 6.29 Å². The summed E-state index contributed by atoms with van der Waals surface area (Å²) in [6, 6.07) is 14.5. The Hall–Kier alpha value is -5.58. The highest BCUT2D eigenvalue weighted by molar-refractivity contribution is 6.31. The van der Waals surface area contributed by atoms with E-state index < -0.39 is 71.8 Å². The first kappa shape index (κ1) is 43.5. The molecule has 3 aliphatic rings. The van der Waals surface area contributed by atoms with Crippen LogP contribution in [0.3, 0.4) is 0 Å². The smallest absolute Gasteiger partial charge is 0.308 e. The lowest BCUT2D eigenvalue weighted by molar-refractivity contribution is -0.268. The molecule has 4 aromatic carbocycles. The van der Waals surface area contributed by atoms with E-state index in [2.05, 4.69) is 0 Å². The Morgan fingerprint density at radius 3 is 2.28 bits per heavy atom. The molecule has 0 spiro atoms. The van der Waals surface area contributed by atoms with Gasteiger partial charge in [-0.3, -0.25) is 19.2 Å². The SMILES string of the molecule is CC(=O)Oc1cc(CO)c2c(c1/C=C/c1cccc(CCO)c1)C(=O)c1cc(O[C@H]3O[C@@H](C)[C@@H](O)[C@@H](O)[C@H]3O)c(Cc3cccc(C4(O)CCCCC4)c3C=O)c(O)c1C2=O. The summed E-state index contributed by atoms with van der Waals surface area (Å²) in [5, 5.41) is 76.0. The number of fused-ring (bicyclic) bond motifs is 2. The number of ether oxygens (including phenoxy) is 3. The number of aliphatic hydroxyl groups is 6. The number of phenolic OH excluding ortho intramolecular Hbond substituents is 1. The number of carbonyl (C=O) groups excluding carboxylic acids is 4. The summed E-state index contributed by atoms with van der Waals surface area (Å²) < 4.78 is 17.4. The van der Waals surface area contributed by atoms with Crippen LogP contribution in [0.4, 0.5) is 0 Å². The Morgan fingerprint density at radius 2 is 1.59 bits per heavy atom. The molecule has 1 heterocycles. The van der Waals surface area contributed by atoms with E-state index in [0.29, 0.717) is 42.2 Å². The van der Waals surface area contributed by atoms with Gasteiger partial charge in [0.1, 0.15) is 35.6 Å². The number of phenols is 1. The van der Waals surface area contributed by atoms with Crippen molar-refractivity contribution in [2.45, 2.75) is 102 Å². The first-order chi connectivity index (χ1) is 29.2. The van der Waals surface area contributed by atoms with Crippen molar-refractivity contribution >= 4 is 36.0 Å². The summed E-state index contributed by atoms with van der Waals surface area (Å²) in [6.07, 6.45) is -0.674. The molecule has 61 heavy (non-hydrogen) atoms. The number of hydrogen-bond acceptors (Lipinski definition) is 14. The van der Waals surface area contributed by atoms with Gasteiger partial charge in [-0.15, -0.1) is 0 Å². The molecule has 0 aromatic heterocycles. The van der Waals surface area contributed by atoms with E-state index in [0.717, 1.165) is 31.7 Å². The molecule has 1 saturated heterocycles. The maximum Gasteiger partial charge on any atom is 0.308 e. The van der Waals surface area contributed by atoms with Gasteiger partial charge in [0.25, 0.3) is 0 Å². The van der Waals surface area contributed by atoms with Crippen LogP contribution in [-0.2, 0) is 34.6 Å². The number of hydrogen-bond donors (Lipinski definition) is 7. The molecule has 1 aliphatic heterocycles. The minimum atomic E-state index is -1.82. The number of carbonyl (C=O) groups is 4.